The minimum Gasteiger partial charge on any atom is -0.387 e. The Hall–Kier alpha value is -3.40. The molecule has 9 nitrogen and oxygen atoms in total. The van der Waals surface area contributed by atoms with E-state index >= 15 is 0 Å². The lowest BCUT2D eigenvalue weighted by Gasteiger charge is -2.20. The van der Waals surface area contributed by atoms with Crippen LogP contribution in [0.2, 0.25) is 0 Å². The largest absolute Gasteiger partial charge is 0.387 e. The average Bonchev–Trinajstić information content (AvgIpc) is 3.52. The van der Waals surface area contributed by atoms with Crippen molar-refractivity contribution in [2.75, 3.05) is 17.2 Å². The number of hydrogen-bond donors (Lipinski definition) is 4. The van der Waals surface area contributed by atoms with Gasteiger partial charge in [-0.25, -0.2) is 14.4 Å². The summed E-state index contributed by atoms with van der Waals surface area (Å²) in [6.45, 7) is 4.22. The van der Waals surface area contributed by atoms with E-state index in [1.54, 1.807) is 18.6 Å². The number of aryl methyl sites for hydroxylation is 1. The van der Waals surface area contributed by atoms with Crippen LogP contribution in [-0.4, -0.2) is 45.0 Å². The number of alkyl halides is 1. The van der Waals surface area contributed by atoms with Crippen molar-refractivity contribution in [3.63, 3.8) is 0 Å². The van der Waals surface area contributed by atoms with Crippen molar-refractivity contribution in [2.24, 2.45) is 10.9 Å². The molecule has 2 aliphatic rings. The summed E-state index contributed by atoms with van der Waals surface area (Å²) in [6.07, 6.45) is 3.77. The predicted octanol–water partition coefficient (Wildman–Crippen LogP) is 2.33. The molecule has 0 radical (unpaired) electrons. The Morgan fingerprint density at radius 2 is 2.16 bits per heavy atom. The fourth-order valence-corrected chi connectivity index (χ4v) is 3.22. The maximum absolute atomic E-state index is 13.1. The van der Waals surface area contributed by atoms with Crippen LogP contribution >= 0.6 is 0 Å². The van der Waals surface area contributed by atoms with Crippen LogP contribution in [0.15, 0.2) is 35.3 Å². The Morgan fingerprint density at radius 1 is 1.35 bits per heavy atom. The van der Waals surface area contributed by atoms with Crippen molar-refractivity contribution < 1.29 is 14.3 Å². The van der Waals surface area contributed by atoms with Gasteiger partial charge < -0.3 is 21.1 Å². The topological polar surface area (TPSA) is 124 Å². The molecule has 10 heteroatoms. The molecular formula is C21H24FN7O2. The minimum atomic E-state index is -1.07. The van der Waals surface area contributed by atoms with Crippen molar-refractivity contribution in [1.29, 1.82) is 0 Å². The highest BCUT2D eigenvalue weighted by atomic mass is 19.1. The number of aliphatic imine (C=N–C) groups is 1. The maximum Gasteiger partial charge on any atom is 0.231 e. The number of aliphatic hydroxyl groups excluding tert-OH is 1. The molecule has 0 bridgehead atoms. The molecule has 31 heavy (non-hydrogen) atoms. The molecule has 2 aromatic rings. The van der Waals surface area contributed by atoms with Gasteiger partial charge in [-0.05, 0) is 31.4 Å². The molecule has 3 heterocycles. The van der Waals surface area contributed by atoms with E-state index < -0.39 is 18.2 Å². The molecule has 4 N–H and O–H groups in total. The van der Waals surface area contributed by atoms with Gasteiger partial charge in [0.15, 0.2) is 0 Å². The van der Waals surface area contributed by atoms with Gasteiger partial charge in [0.25, 0.3) is 0 Å². The van der Waals surface area contributed by atoms with Crippen LogP contribution in [0.5, 0.6) is 0 Å². The van der Waals surface area contributed by atoms with Gasteiger partial charge >= 0.3 is 0 Å². The van der Waals surface area contributed by atoms with Crippen LogP contribution < -0.4 is 16.0 Å². The zero-order valence-electron chi connectivity index (χ0n) is 17.3. The van der Waals surface area contributed by atoms with Crippen molar-refractivity contribution in [3.8, 4) is 0 Å². The molecule has 1 fully saturated rings. The van der Waals surface area contributed by atoms with Crippen molar-refractivity contribution >= 4 is 29.4 Å². The number of nitrogens with one attached hydrogen (secondary N) is 3. The summed E-state index contributed by atoms with van der Waals surface area (Å²) in [5.74, 6) is -0.667. The first-order chi connectivity index (χ1) is 15.0. The van der Waals surface area contributed by atoms with E-state index in [0.29, 0.717) is 35.9 Å². The standard InChI is InChI=1S/C21H24FN7O2/c1-3-18(30)14-4-11(2)16(8-24-14)28-17-7-23-9-27-20(17)15-6-19(26-10-25-15)29-21(31)12-5-13(12)22/h4,6,8-10,12-13,18,28,30H,3,5,7H2,1-2H3,(H,23,27)(H,25,26,29,31). The van der Waals surface area contributed by atoms with E-state index in [-0.39, 0.29) is 12.3 Å². The second-order valence-electron chi connectivity index (χ2n) is 7.58. The first-order valence-electron chi connectivity index (χ1n) is 10.1. The number of aromatic nitrogens is 3. The number of carbonyl (C=O) groups excluding carboxylic acids is 1. The molecule has 3 unspecified atom stereocenters. The summed E-state index contributed by atoms with van der Waals surface area (Å²) in [6, 6.07) is 3.48. The number of anilines is 2. The summed E-state index contributed by atoms with van der Waals surface area (Å²) in [7, 11) is 0. The smallest absolute Gasteiger partial charge is 0.231 e. The Morgan fingerprint density at radius 3 is 2.87 bits per heavy atom. The number of amides is 1. The molecule has 0 aromatic carbocycles. The van der Waals surface area contributed by atoms with Crippen LogP contribution in [0.1, 0.15) is 42.8 Å². The van der Waals surface area contributed by atoms with Gasteiger partial charge in [-0.3, -0.25) is 14.8 Å². The molecule has 2 aromatic heterocycles. The number of pyridine rings is 1. The van der Waals surface area contributed by atoms with E-state index in [0.717, 1.165) is 16.9 Å². The first kappa shape index (κ1) is 20.9. The molecule has 1 saturated carbocycles. The van der Waals surface area contributed by atoms with Crippen LogP contribution in [0.25, 0.3) is 5.70 Å². The Bertz CT molecular complexity index is 1060. The highest BCUT2D eigenvalue weighted by Gasteiger charge is 2.43. The summed E-state index contributed by atoms with van der Waals surface area (Å²) >= 11 is 0. The van der Waals surface area contributed by atoms with E-state index in [9.17, 15) is 14.3 Å². The van der Waals surface area contributed by atoms with E-state index in [1.165, 1.54) is 6.33 Å². The second kappa shape index (κ2) is 8.76. The number of aliphatic hydroxyl groups is 1. The third kappa shape index (κ3) is 4.69. The van der Waals surface area contributed by atoms with Crippen molar-refractivity contribution in [2.45, 2.75) is 39.0 Å². The molecule has 1 amide bonds. The van der Waals surface area contributed by atoms with Crippen LogP contribution in [0, 0.1) is 12.8 Å². The zero-order valence-corrected chi connectivity index (χ0v) is 17.3. The second-order valence-corrected chi connectivity index (χ2v) is 7.58. The molecule has 162 valence electrons. The maximum atomic E-state index is 13.1. The van der Waals surface area contributed by atoms with Gasteiger partial charge in [0.05, 0.1) is 59.6 Å². The minimum absolute atomic E-state index is 0.252. The highest BCUT2D eigenvalue weighted by Crippen LogP contribution is 2.34. The number of nitrogens with zero attached hydrogens (tertiary/aromatic N) is 4. The number of halogens is 1. The molecule has 0 spiro atoms. The van der Waals surface area contributed by atoms with Crippen molar-refractivity contribution in [3.05, 3.63) is 47.3 Å². The third-order valence-corrected chi connectivity index (χ3v) is 5.22. The summed E-state index contributed by atoms with van der Waals surface area (Å²) in [4.78, 5) is 29.0. The third-order valence-electron chi connectivity index (χ3n) is 5.22. The average molecular weight is 425 g/mol. The molecule has 1 aliphatic heterocycles. The van der Waals surface area contributed by atoms with E-state index in [1.807, 2.05) is 19.9 Å². The summed E-state index contributed by atoms with van der Waals surface area (Å²) in [5.41, 5.74) is 4.33. The molecule has 3 atom stereocenters. The summed E-state index contributed by atoms with van der Waals surface area (Å²) < 4.78 is 13.1. The van der Waals surface area contributed by atoms with E-state index in [2.05, 4.69) is 35.9 Å². The number of carbonyl (C=O) groups is 1. The Kier molecular flexibility index (Phi) is 5.90. The van der Waals surface area contributed by atoms with Crippen molar-refractivity contribution in [1.82, 2.24) is 20.3 Å². The van der Waals surface area contributed by atoms with Gasteiger partial charge in [0, 0.05) is 6.07 Å². The fraction of sp³-hybridized carbons (Fsp3) is 0.381. The van der Waals surface area contributed by atoms with Gasteiger partial charge in [-0.2, -0.15) is 0 Å². The SMILES string of the molecule is CCC(O)c1cc(C)c(NC2=C(c3cc(NC(=O)C4CC4F)ncn3)NC=NC2)cn1. The van der Waals surface area contributed by atoms with Crippen LogP contribution in [0.4, 0.5) is 15.9 Å². The lowest BCUT2D eigenvalue weighted by Crippen LogP contribution is -2.23. The zero-order chi connectivity index (χ0) is 22.0. The van der Waals surface area contributed by atoms with Crippen LogP contribution in [0.3, 0.4) is 0 Å². The molecule has 1 aliphatic carbocycles. The van der Waals surface area contributed by atoms with Gasteiger partial charge in [0.1, 0.15) is 18.3 Å². The Balaban J connectivity index is 1.57. The fourth-order valence-electron chi connectivity index (χ4n) is 3.22. The Labute approximate surface area is 178 Å². The lowest BCUT2D eigenvalue weighted by molar-refractivity contribution is -0.117. The highest BCUT2D eigenvalue weighted by molar-refractivity contribution is 5.94. The predicted molar refractivity (Wildman–Crippen MR) is 115 cm³/mol. The monoisotopic (exact) mass is 425 g/mol. The molecular weight excluding hydrogens is 401 g/mol. The number of rotatable bonds is 7. The number of hydrogen-bond acceptors (Lipinski definition) is 8. The summed E-state index contributed by atoms with van der Waals surface area (Å²) in [5, 5.41) is 19.1. The van der Waals surface area contributed by atoms with Gasteiger partial charge in [-0.15, -0.1) is 0 Å². The molecule has 0 saturated heterocycles. The molecule has 4 rings (SSSR count). The normalized spacial score (nSPS) is 20.8. The van der Waals surface area contributed by atoms with E-state index in [4.69, 9.17) is 0 Å². The quantitative estimate of drug-likeness (QED) is 0.537. The van der Waals surface area contributed by atoms with Crippen LogP contribution in [-0.2, 0) is 4.79 Å². The van der Waals surface area contributed by atoms with Gasteiger partial charge in [-0.1, -0.05) is 6.92 Å². The lowest BCUT2D eigenvalue weighted by atomic mass is 10.1. The first-order valence-corrected chi connectivity index (χ1v) is 10.1. The van der Waals surface area contributed by atoms with Gasteiger partial charge in [0.2, 0.25) is 5.91 Å².